The zero-order valence-corrected chi connectivity index (χ0v) is 17.8. The van der Waals surface area contributed by atoms with Crippen molar-refractivity contribution < 1.29 is 9.13 Å². The molecular formula is C22H23FN2O2S2. The summed E-state index contributed by atoms with van der Waals surface area (Å²) in [5.41, 5.74) is 1.23. The van der Waals surface area contributed by atoms with Gasteiger partial charge in [-0.25, -0.2) is 9.37 Å². The minimum atomic E-state index is -0.374. The van der Waals surface area contributed by atoms with Gasteiger partial charge >= 0.3 is 0 Å². The number of aromatic nitrogens is 2. The van der Waals surface area contributed by atoms with Crippen LogP contribution in [-0.4, -0.2) is 21.9 Å². The van der Waals surface area contributed by atoms with Crippen molar-refractivity contribution in [3.63, 3.8) is 0 Å². The third kappa shape index (κ3) is 4.26. The first-order chi connectivity index (χ1) is 14.2. The van der Waals surface area contributed by atoms with Gasteiger partial charge in [-0.2, -0.15) is 0 Å². The van der Waals surface area contributed by atoms with Gasteiger partial charge in [-0.1, -0.05) is 36.4 Å². The summed E-state index contributed by atoms with van der Waals surface area (Å²) >= 11 is 3.12. The molecular weight excluding hydrogens is 407 g/mol. The van der Waals surface area contributed by atoms with Crippen molar-refractivity contribution in [2.24, 2.45) is 0 Å². The normalized spacial score (nSPS) is 13.8. The second-order valence-corrected chi connectivity index (χ2v) is 9.12. The van der Waals surface area contributed by atoms with Crippen LogP contribution in [0.5, 0.6) is 5.75 Å². The number of nitrogens with zero attached hydrogens (tertiary/aromatic N) is 2. The smallest absolute Gasteiger partial charge is 0.263 e. The molecule has 1 aromatic carbocycles. The van der Waals surface area contributed by atoms with E-state index in [1.54, 1.807) is 40.2 Å². The van der Waals surface area contributed by atoms with Crippen molar-refractivity contribution in [2.75, 3.05) is 12.4 Å². The lowest BCUT2D eigenvalue weighted by Crippen LogP contribution is -2.23. The lowest BCUT2D eigenvalue weighted by atomic mass is 10.1. The number of allylic oxidation sites excluding steroid dienone is 1. The number of para-hydroxylation sites is 1. The van der Waals surface area contributed by atoms with Crippen molar-refractivity contribution in [1.29, 1.82) is 0 Å². The highest BCUT2D eigenvalue weighted by Gasteiger charge is 2.21. The van der Waals surface area contributed by atoms with Gasteiger partial charge in [-0.3, -0.25) is 9.36 Å². The molecule has 0 saturated carbocycles. The Hall–Kier alpha value is -2.12. The topological polar surface area (TPSA) is 44.1 Å². The highest BCUT2D eigenvalue weighted by molar-refractivity contribution is 7.99. The molecule has 1 aliphatic carbocycles. The van der Waals surface area contributed by atoms with Crippen LogP contribution in [0.4, 0.5) is 4.39 Å². The number of hydrogen-bond acceptors (Lipinski definition) is 5. The lowest BCUT2D eigenvalue weighted by Gasteiger charge is -2.11. The van der Waals surface area contributed by atoms with Gasteiger partial charge in [0.2, 0.25) is 0 Å². The maximum atomic E-state index is 13.7. The molecule has 4 nitrogen and oxygen atoms in total. The number of benzene rings is 1. The van der Waals surface area contributed by atoms with Crippen molar-refractivity contribution in [2.45, 2.75) is 43.8 Å². The number of rotatable bonds is 7. The maximum Gasteiger partial charge on any atom is 0.263 e. The summed E-state index contributed by atoms with van der Waals surface area (Å²) in [6.45, 7) is 4.54. The van der Waals surface area contributed by atoms with Crippen LogP contribution in [0.1, 0.15) is 29.7 Å². The van der Waals surface area contributed by atoms with Gasteiger partial charge in [0.05, 0.1) is 12.0 Å². The predicted octanol–water partition coefficient (Wildman–Crippen LogP) is 5.22. The predicted molar refractivity (Wildman–Crippen MR) is 118 cm³/mol. The highest BCUT2D eigenvalue weighted by Crippen LogP contribution is 2.34. The molecule has 0 N–H and O–H groups in total. The SMILES string of the molecule is C=CCn1c(SCCOc2ccccc2F)nc2sc3c(c2c1=O)CCCCC3. The molecule has 2 heterocycles. The molecule has 0 fully saturated rings. The summed E-state index contributed by atoms with van der Waals surface area (Å²) in [5, 5.41) is 1.46. The van der Waals surface area contributed by atoms with Gasteiger partial charge in [0.25, 0.3) is 5.56 Å². The van der Waals surface area contributed by atoms with Gasteiger partial charge in [-0.15, -0.1) is 17.9 Å². The Bertz CT molecular complexity index is 1090. The average Bonchev–Trinajstić information content (AvgIpc) is 2.90. The Morgan fingerprint density at radius 1 is 1.28 bits per heavy atom. The molecule has 3 aromatic rings. The van der Waals surface area contributed by atoms with Crippen LogP contribution in [0.15, 0.2) is 46.9 Å². The third-order valence-electron chi connectivity index (χ3n) is 5.01. The van der Waals surface area contributed by atoms with Gasteiger partial charge in [-0.05, 0) is 43.4 Å². The summed E-state index contributed by atoms with van der Waals surface area (Å²) in [6.07, 6.45) is 7.24. The van der Waals surface area contributed by atoms with Crippen LogP contribution in [0.2, 0.25) is 0 Å². The number of thiophene rings is 1. The Kier molecular flexibility index (Phi) is 6.35. The van der Waals surface area contributed by atoms with Crippen LogP contribution < -0.4 is 10.3 Å². The molecule has 152 valence electrons. The number of halogens is 1. The van der Waals surface area contributed by atoms with Crippen LogP contribution in [-0.2, 0) is 19.4 Å². The summed E-state index contributed by atoms with van der Waals surface area (Å²) in [5.74, 6) is 0.428. The fourth-order valence-corrected chi connectivity index (χ4v) is 5.77. The molecule has 7 heteroatoms. The molecule has 0 aliphatic heterocycles. The van der Waals surface area contributed by atoms with E-state index < -0.39 is 0 Å². The number of thioether (sulfide) groups is 1. The first-order valence-electron chi connectivity index (χ1n) is 9.85. The van der Waals surface area contributed by atoms with E-state index in [-0.39, 0.29) is 17.1 Å². The summed E-state index contributed by atoms with van der Waals surface area (Å²) in [7, 11) is 0. The molecule has 0 unspecified atom stereocenters. The Morgan fingerprint density at radius 3 is 2.93 bits per heavy atom. The van der Waals surface area contributed by atoms with Gasteiger partial charge in [0, 0.05) is 17.2 Å². The molecule has 29 heavy (non-hydrogen) atoms. The molecule has 0 radical (unpaired) electrons. The first-order valence-corrected chi connectivity index (χ1v) is 11.7. The monoisotopic (exact) mass is 430 g/mol. The second-order valence-electron chi connectivity index (χ2n) is 6.97. The summed E-state index contributed by atoms with van der Waals surface area (Å²) in [4.78, 5) is 20.2. The van der Waals surface area contributed by atoms with Crippen molar-refractivity contribution in [3.8, 4) is 5.75 Å². The molecule has 2 aromatic heterocycles. The van der Waals surface area contributed by atoms with E-state index in [9.17, 15) is 9.18 Å². The van der Waals surface area contributed by atoms with E-state index in [0.717, 1.165) is 29.5 Å². The number of fused-ring (bicyclic) bond motifs is 3. The zero-order chi connectivity index (χ0) is 20.2. The average molecular weight is 431 g/mol. The number of ether oxygens (including phenoxy) is 1. The van der Waals surface area contributed by atoms with E-state index in [2.05, 4.69) is 6.58 Å². The lowest BCUT2D eigenvalue weighted by molar-refractivity contribution is 0.325. The minimum Gasteiger partial charge on any atom is -0.490 e. The van der Waals surface area contributed by atoms with Gasteiger partial charge < -0.3 is 4.74 Å². The Morgan fingerprint density at radius 2 is 2.10 bits per heavy atom. The van der Waals surface area contributed by atoms with Crippen LogP contribution >= 0.6 is 23.1 Å². The molecule has 0 spiro atoms. The van der Waals surface area contributed by atoms with E-state index in [0.29, 0.717) is 24.1 Å². The molecule has 0 amide bonds. The largest absolute Gasteiger partial charge is 0.490 e. The third-order valence-corrected chi connectivity index (χ3v) is 7.14. The van der Waals surface area contributed by atoms with E-state index in [1.807, 2.05) is 0 Å². The van der Waals surface area contributed by atoms with Crippen molar-refractivity contribution in [3.05, 3.63) is 63.5 Å². The summed E-state index contributed by atoms with van der Waals surface area (Å²) < 4.78 is 20.9. The van der Waals surface area contributed by atoms with E-state index >= 15 is 0 Å². The maximum absolute atomic E-state index is 13.7. The number of hydrogen-bond donors (Lipinski definition) is 0. The molecule has 1 aliphatic rings. The molecule has 0 saturated heterocycles. The van der Waals surface area contributed by atoms with Crippen LogP contribution in [0, 0.1) is 5.82 Å². The van der Waals surface area contributed by atoms with Crippen molar-refractivity contribution >= 4 is 33.3 Å². The van der Waals surface area contributed by atoms with Crippen LogP contribution in [0.3, 0.4) is 0 Å². The first kappa shape index (κ1) is 20.2. The number of aryl methyl sites for hydroxylation is 2. The van der Waals surface area contributed by atoms with Gasteiger partial charge in [0.1, 0.15) is 4.83 Å². The standard InChI is InChI=1S/C22H23FN2O2S2/c1-2-12-25-21(26)19-15-8-4-3-5-11-18(15)29-20(19)24-22(25)28-14-13-27-17-10-7-6-9-16(17)23/h2,6-7,9-10H,1,3-5,8,11-14H2. The summed E-state index contributed by atoms with van der Waals surface area (Å²) in [6, 6.07) is 6.35. The Labute approximate surface area is 177 Å². The highest BCUT2D eigenvalue weighted by atomic mass is 32.2. The van der Waals surface area contributed by atoms with Crippen molar-refractivity contribution in [1.82, 2.24) is 9.55 Å². The van der Waals surface area contributed by atoms with E-state index in [1.165, 1.54) is 41.1 Å². The molecule has 0 atom stereocenters. The minimum absolute atomic E-state index is 0.0202. The zero-order valence-electron chi connectivity index (χ0n) is 16.2. The molecule has 4 rings (SSSR count). The Balaban J connectivity index is 1.58. The van der Waals surface area contributed by atoms with E-state index in [4.69, 9.17) is 9.72 Å². The van der Waals surface area contributed by atoms with Gasteiger partial charge in [0.15, 0.2) is 16.7 Å². The van der Waals surface area contributed by atoms with Crippen LogP contribution in [0.25, 0.3) is 10.2 Å². The second kappa shape index (κ2) is 9.13. The molecule has 0 bridgehead atoms. The quantitative estimate of drug-likeness (QED) is 0.169. The fourth-order valence-electron chi connectivity index (χ4n) is 3.64. The fraction of sp³-hybridized carbons (Fsp3) is 0.364.